The maximum Gasteiger partial charge on any atom is 0.244 e. The van der Waals surface area contributed by atoms with Crippen molar-refractivity contribution in [2.75, 3.05) is 24.5 Å². The van der Waals surface area contributed by atoms with Gasteiger partial charge < -0.3 is 10.6 Å². The fourth-order valence-corrected chi connectivity index (χ4v) is 2.70. The van der Waals surface area contributed by atoms with Gasteiger partial charge in [0.15, 0.2) is 0 Å². The van der Waals surface area contributed by atoms with Gasteiger partial charge in [-0.3, -0.25) is 5.10 Å². The molecule has 5 heteroatoms. The van der Waals surface area contributed by atoms with Crippen molar-refractivity contribution < 1.29 is 0 Å². The van der Waals surface area contributed by atoms with Crippen molar-refractivity contribution in [3.63, 3.8) is 0 Å². The summed E-state index contributed by atoms with van der Waals surface area (Å²) in [5.74, 6) is 2.98. The predicted molar refractivity (Wildman–Crippen MR) is 73.7 cm³/mol. The summed E-state index contributed by atoms with van der Waals surface area (Å²) in [4.78, 5) is 6.93. The van der Waals surface area contributed by atoms with E-state index in [0.29, 0.717) is 11.8 Å². The third-order valence-corrected chi connectivity index (χ3v) is 4.00. The van der Waals surface area contributed by atoms with Crippen LogP contribution in [0.5, 0.6) is 0 Å². The van der Waals surface area contributed by atoms with Gasteiger partial charge >= 0.3 is 0 Å². The third kappa shape index (κ3) is 2.83. The zero-order valence-corrected chi connectivity index (χ0v) is 11.5. The smallest absolute Gasteiger partial charge is 0.244 e. The van der Waals surface area contributed by atoms with Gasteiger partial charge in [-0.2, -0.15) is 4.98 Å². The van der Waals surface area contributed by atoms with E-state index in [9.17, 15) is 0 Å². The first-order chi connectivity index (χ1) is 8.78. The van der Waals surface area contributed by atoms with Gasteiger partial charge in [-0.15, -0.1) is 5.10 Å². The lowest BCUT2D eigenvalue weighted by atomic mass is 9.99. The van der Waals surface area contributed by atoms with E-state index in [2.05, 4.69) is 33.9 Å². The predicted octanol–water partition coefficient (Wildman–Crippen LogP) is 1.88. The average molecular weight is 251 g/mol. The lowest BCUT2D eigenvalue weighted by Crippen LogP contribution is -2.39. The maximum atomic E-state index is 5.76. The maximum absolute atomic E-state index is 5.76. The highest BCUT2D eigenvalue weighted by Gasteiger charge is 2.22. The Morgan fingerprint density at radius 2 is 2.22 bits per heavy atom. The summed E-state index contributed by atoms with van der Waals surface area (Å²) in [5.41, 5.74) is 5.76. The molecule has 1 fully saturated rings. The molecule has 1 aliphatic rings. The van der Waals surface area contributed by atoms with E-state index in [1.54, 1.807) is 0 Å². The summed E-state index contributed by atoms with van der Waals surface area (Å²) in [5, 5.41) is 7.48. The molecular weight excluding hydrogens is 226 g/mol. The molecule has 0 aliphatic carbocycles. The zero-order valence-electron chi connectivity index (χ0n) is 11.5. The van der Waals surface area contributed by atoms with Crippen molar-refractivity contribution in [2.24, 2.45) is 11.7 Å². The van der Waals surface area contributed by atoms with E-state index >= 15 is 0 Å². The molecule has 5 nitrogen and oxygen atoms in total. The number of hydrogen-bond acceptors (Lipinski definition) is 4. The van der Waals surface area contributed by atoms with Gasteiger partial charge in [0, 0.05) is 19.0 Å². The van der Waals surface area contributed by atoms with Crippen LogP contribution in [0.2, 0.25) is 0 Å². The Morgan fingerprint density at radius 1 is 1.44 bits per heavy atom. The molecule has 1 atom stereocenters. The number of nitrogens with zero attached hydrogens (tertiary/aromatic N) is 3. The van der Waals surface area contributed by atoms with E-state index in [-0.39, 0.29) is 0 Å². The molecule has 2 rings (SSSR count). The first-order valence-electron chi connectivity index (χ1n) is 7.15. The number of nitrogens with two attached hydrogens (primary N) is 1. The summed E-state index contributed by atoms with van der Waals surface area (Å²) < 4.78 is 0. The van der Waals surface area contributed by atoms with E-state index in [1.807, 2.05) is 0 Å². The molecule has 0 saturated carbocycles. The first kappa shape index (κ1) is 13.3. The van der Waals surface area contributed by atoms with Crippen LogP contribution in [0.1, 0.15) is 51.3 Å². The van der Waals surface area contributed by atoms with Gasteiger partial charge in [0.1, 0.15) is 5.82 Å². The van der Waals surface area contributed by atoms with Crippen molar-refractivity contribution in [2.45, 2.75) is 45.4 Å². The number of H-pyrrole nitrogens is 1. The summed E-state index contributed by atoms with van der Waals surface area (Å²) in [7, 11) is 0. The second-order valence-electron chi connectivity index (χ2n) is 5.22. The monoisotopic (exact) mass is 251 g/mol. The Labute approximate surface area is 109 Å². The van der Waals surface area contributed by atoms with Crippen LogP contribution in [-0.4, -0.2) is 34.8 Å². The van der Waals surface area contributed by atoms with Crippen molar-refractivity contribution in [1.29, 1.82) is 0 Å². The number of aromatic amines is 1. The van der Waals surface area contributed by atoms with Gasteiger partial charge in [-0.1, -0.05) is 13.8 Å². The molecule has 1 aromatic rings. The highest BCUT2D eigenvalue weighted by Crippen LogP contribution is 2.23. The van der Waals surface area contributed by atoms with Gasteiger partial charge in [0.25, 0.3) is 0 Å². The van der Waals surface area contributed by atoms with Crippen molar-refractivity contribution >= 4 is 5.95 Å². The Hall–Kier alpha value is -1.10. The molecule has 3 N–H and O–H groups in total. The van der Waals surface area contributed by atoms with E-state index < -0.39 is 0 Å². The molecular formula is C13H25N5. The second-order valence-corrected chi connectivity index (χ2v) is 5.22. The number of piperidine rings is 1. The van der Waals surface area contributed by atoms with Crippen LogP contribution in [0.4, 0.5) is 5.95 Å². The number of aromatic nitrogens is 3. The van der Waals surface area contributed by atoms with E-state index in [1.165, 1.54) is 12.8 Å². The van der Waals surface area contributed by atoms with E-state index in [4.69, 9.17) is 5.73 Å². The van der Waals surface area contributed by atoms with Gasteiger partial charge in [-0.05, 0) is 38.1 Å². The lowest BCUT2D eigenvalue weighted by Gasteiger charge is -2.31. The second kappa shape index (κ2) is 6.18. The summed E-state index contributed by atoms with van der Waals surface area (Å²) in [6.45, 7) is 7.21. The van der Waals surface area contributed by atoms with Gasteiger partial charge in [0.2, 0.25) is 5.95 Å². The number of hydrogen-bond donors (Lipinski definition) is 2. The number of anilines is 1. The molecule has 18 heavy (non-hydrogen) atoms. The Kier molecular flexibility index (Phi) is 4.58. The summed E-state index contributed by atoms with van der Waals surface area (Å²) in [6, 6.07) is 0. The van der Waals surface area contributed by atoms with Crippen LogP contribution in [-0.2, 0) is 0 Å². The van der Waals surface area contributed by atoms with Crippen LogP contribution in [0.25, 0.3) is 0 Å². The highest BCUT2D eigenvalue weighted by molar-refractivity contribution is 5.30. The van der Waals surface area contributed by atoms with Crippen LogP contribution < -0.4 is 10.6 Å². The molecule has 1 unspecified atom stereocenters. The summed E-state index contributed by atoms with van der Waals surface area (Å²) in [6.07, 6.45) is 4.64. The van der Waals surface area contributed by atoms with Crippen molar-refractivity contribution in [1.82, 2.24) is 15.2 Å². The van der Waals surface area contributed by atoms with Gasteiger partial charge in [0.05, 0.1) is 0 Å². The molecule has 0 aromatic carbocycles. The molecule has 2 heterocycles. The molecule has 1 aliphatic heterocycles. The SMILES string of the molecule is CCC(CC)c1nc(N2CCCC(CN)C2)n[nH]1. The highest BCUT2D eigenvalue weighted by atomic mass is 15.4. The first-order valence-corrected chi connectivity index (χ1v) is 7.15. The van der Waals surface area contributed by atoms with E-state index in [0.717, 1.165) is 44.2 Å². The molecule has 1 saturated heterocycles. The fraction of sp³-hybridized carbons (Fsp3) is 0.846. The Balaban J connectivity index is 2.05. The molecule has 0 spiro atoms. The van der Waals surface area contributed by atoms with Crippen molar-refractivity contribution in [3.8, 4) is 0 Å². The largest absolute Gasteiger partial charge is 0.339 e. The Bertz CT molecular complexity index is 358. The quantitative estimate of drug-likeness (QED) is 0.838. The van der Waals surface area contributed by atoms with Crippen LogP contribution in [0, 0.1) is 5.92 Å². The Morgan fingerprint density at radius 3 is 2.89 bits per heavy atom. The summed E-state index contributed by atoms with van der Waals surface area (Å²) >= 11 is 0. The lowest BCUT2D eigenvalue weighted by molar-refractivity contribution is 0.419. The average Bonchev–Trinajstić information content (AvgIpc) is 2.90. The molecule has 0 bridgehead atoms. The standard InChI is InChI=1S/C13H25N5/c1-3-11(4-2)12-15-13(17-16-12)18-7-5-6-10(8-14)9-18/h10-11H,3-9,14H2,1-2H3,(H,15,16,17). The topological polar surface area (TPSA) is 70.8 Å². The minimum atomic E-state index is 0.501. The zero-order chi connectivity index (χ0) is 13.0. The van der Waals surface area contributed by atoms with Crippen molar-refractivity contribution in [3.05, 3.63) is 5.82 Å². The molecule has 0 radical (unpaired) electrons. The minimum Gasteiger partial charge on any atom is -0.339 e. The van der Waals surface area contributed by atoms with Crippen LogP contribution in [0.15, 0.2) is 0 Å². The van der Waals surface area contributed by atoms with Crippen LogP contribution >= 0.6 is 0 Å². The molecule has 1 aromatic heterocycles. The van der Waals surface area contributed by atoms with Crippen LogP contribution in [0.3, 0.4) is 0 Å². The third-order valence-electron chi connectivity index (χ3n) is 4.00. The minimum absolute atomic E-state index is 0.501. The normalized spacial score (nSPS) is 20.7. The molecule has 102 valence electrons. The van der Waals surface area contributed by atoms with Gasteiger partial charge in [-0.25, -0.2) is 0 Å². The number of rotatable bonds is 5. The fourth-order valence-electron chi connectivity index (χ4n) is 2.70. The number of nitrogens with one attached hydrogen (secondary N) is 1. The molecule has 0 amide bonds.